The zero-order valence-corrected chi connectivity index (χ0v) is 62.9. The second-order valence-corrected chi connectivity index (χ2v) is 30.4. The van der Waals surface area contributed by atoms with E-state index in [1.807, 2.05) is 35.0 Å². The smallest absolute Gasteiger partial charge is 0.328 e. The quantitative estimate of drug-likeness (QED) is 0.0667. The van der Waals surface area contributed by atoms with Crippen LogP contribution < -0.4 is 44.9 Å². The van der Waals surface area contributed by atoms with Crippen LogP contribution in [0.25, 0.3) is 0 Å². The molecule has 113 heavy (non-hydrogen) atoms. The topological polar surface area (TPSA) is 395 Å². The Hall–Kier alpha value is -12.1. The molecule has 9 amide bonds. The third-order valence-corrected chi connectivity index (χ3v) is 21.9. The summed E-state index contributed by atoms with van der Waals surface area (Å²) in [6.45, 7) is 8.04. The van der Waals surface area contributed by atoms with Crippen LogP contribution in [0.2, 0.25) is 0 Å². The molecule has 1 atom stereocenters. The fourth-order valence-corrected chi connectivity index (χ4v) is 15.2. The highest BCUT2D eigenvalue weighted by Gasteiger charge is 2.39. The number of aldehydes is 3. The molecule has 33 nitrogen and oxygen atoms in total. The van der Waals surface area contributed by atoms with Crippen molar-refractivity contribution in [3.05, 3.63) is 122 Å². The zero-order chi connectivity index (χ0) is 78.4. The number of aromatic nitrogens is 6. The van der Waals surface area contributed by atoms with Crippen molar-refractivity contribution in [2.24, 2.45) is 0 Å². The number of nitrogens with zero attached hydrogens (tertiary/aromatic N) is 18. The Bertz CT molecular complexity index is 4880. The van der Waals surface area contributed by atoms with Gasteiger partial charge in [0.25, 0.3) is 0 Å². The Morgan fingerprint density at radius 2 is 0.823 bits per heavy atom. The van der Waals surface area contributed by atoms with Crippen molar-refractivity contribution in [1.82, 2.24) is 59.3 Å². The molecule has 6 aromatic heterocycles. The number of urea groups is 3. The number of fused-ring (bicyclic) bond motifs is 4. The summed E-state index contributed by atoms with van der Waals surface area (Å²) in [7, 11) is 1.92. The van der Waals surface area contributed by atoms with Crippen LogP contribution in [0.15, 0.2) is 55.0 Å². The second-order valence-electron chi connectivity index (χ2n) is 30.4. The van der Waals surface area contributed by atoms with Gasteiger partial charge in [-0.3, -0.25) is 74.1 Å². The molecule has 4 aliphatic carbocycles. The number of carbonyl (C=O) groups is 9. The van der Waals surface area contributed by atoms with E-state index in [0.717, 1.165) is 139 Å². The molecule has 6 aromatic rings. The summed E-state index contributed by atoms with van der Waals surface area (Å²) < 4.78 is 17.4. The number of aryl methyl sites for hydroxylation is 3. The van der Waals surface area contributed by atoms with Gasteiger partial charge in [0.2, 0.25) is 17.7 Å². The van der Waals surface area contributed by atoms with E-state index in [0.29, 0.717) is 184 Å². The lowest BCUT2D eigenvalue weighted by molar-refractivity contribution is -0.138. The zero-order valence-electron chi connectivity index (χ0n) is 62.9. The number of likely N-dealkylation sites (N-methyl/N-ethyl adjacent to an activating group) is 1. The van der Waals surface area contributed by atoms with Gasteiger partial charge in [-0.25, -0.2) is 44.3 Å². The van der Waals surface area contributed by atoms with E-state index in [1.54, 1.807) is 28.0 Å². The molecule has 0 spiro atoms. The van der Waals surface area contributed by atoms with Crippen LogP contribution in [0.5, 0.6) is 17.2 Å². The number of hydrogen-bond acceptors (Lipinski definition) is 24. The van der Waals surface area contributed by atoms with Crippen LogP contribution in [0, 0.1) is 34.0 Å². The molecule has 17 rings (SSSR count). The van der Waals surface area contributed by atoms with Crippen molar-refractivity contribution in [3.8, 4) is 35.5 Å². The van der Waals surface area contributed by atoms with E-state index in [1.165, 1.54) is 33.3 Å². The third kappa shape index (κ3) is 18.1. The molecule has 4 saturated heterocycles. The van der Waals surface area contributed by atoms with Crippen molar-refractivity contribution < 1.29 is 57.4 Å². The van der Waals surface area contributed by atoms with E-state index in [9.17, 15) is 58.9 Å². The molecule has 1 unspecified atom stereocenters. The first-order valence-corrected chi connectivity index (χ1v) is 38.9. The Labute approximate surface area is 652 Å². The van der Waals surface area contributed by atoms with Gasteiger partial charge in [0.15, 0.2) is 18.9 Å². The molecule has 7 aliphatic heterocycles. The SMILES string of the molecule is CN1CCCN(Cc2cc3c(nc2C=O)N(C(=O)Nc2cc(OC4CC4)c(C#N)cn2)CCC3)C(=O)C1.N#Cc1cnc(NC(=O)N2CCCc3cc(CN4CC5CCCN5CC4=O)c(C=O)nc32)cc1OC1CC1.N#Cc1cnc(NC(=O)N2CCCc3cc(CN4CCN(C5CC5)CC4=O)c(C=O)nc32)cc1OC1CC1. The summed E-state index contributed by atoms with van der Waals surface area (Å²) in [5.41, 5.74) is 6.31. The molecule has 11 aliphatic rings. The summed E-state index contributed by atoms with van der Waals surface area (Å²) in [4.78, 5) is 157. The van der Waals surface area contributed by atoms with Gasteiger partial charge >= 0.3 is 18.1 Å². The highest BCUT2D eigenvalue weighted by molar-refractivity contribution is 6.04. The van der Waals surface area contributed by atoms with Crippen molar-refractivity contribution in [2.75, 3.05) is 116 Å². The average Bonchev–Trinajstić information content (AvgIpc) is 1.56. The molecular weight excluding hydrogens is 1450 g/mol. The van der Waals surface area contributed by atoms with E-state index in [4.69, 9.17) is 14.2 Å². The van der Waals surface area contributed by atoms with Crippen LogP contribution in [0.4, 0.5) is 49.3 Å². The van der Waals surface area contributed by atoms with Crippen LogP contribution >= 0.6 is 0 Å². The number of amides is 9. The molecule has 584 valence electrons. The molecule has 33 heteroatoms. The molecule has 0 radical (unpaired) electrons. The first-order chi connectivity index (χ1) is 55.0. The number of ether oxygens (including phenoxy) is 3. The van der Waals surface area contributed by atoms with Gasteiger partial charge < -0.3 is 28.9 Å². The van der Waals surface area contributed by atoms with Gasteiger partial charge in [-0.05, 0) is 158 Å². The Kier molecular flexibility index (Phi) is 22.8. The lowest BCUT2D eigenvalue weighted by Gasteiger charge is -2.37. The van der Waals surface area contributed by atoms with E-state index >= 15 is 0 Å². The van der Waals surface area contributed by atoms with Crippen LogP contribution in [0.1, 0.15) is 171 Å². The van der Waals surface area contributed by atoms with Gasteiger partial charge in [0.1, 0.15) is 104 Å². The third-order valence-electron chi connectivity index (χ3n) is 21.9. The lowest BCUT2D eigenvalue weighted by atomic mass is 10.0. The summed E-state index contributed by atoms with van der Waals surface area (Å²) in [5, 5.41) is 36.3. The monoisotopic (exact) mass is 1530 g/mol. The average molecular weight is 1530 g/mol. The van der Waals surface area contributed by atoms with Gasteiger partial charge in [0.05, 0.1) is 56.5 Å². The Balaban J connectivity index is 0.000000134. The van der Waals surface area contributed by atoms with Crippen molar-refractivity contribution >= 4 is 89.6 Å². The molecule has 4 saturated carbocycles. The summed E-state index contributed by atoms with van der Waals surface area (Å²) in [6.07, 6.45) is 21.9. The van der Waals surface area contributed by atoms with Crippen molar-refractivity contribution in [2.45, 2.75) is 159 Å². The minimum atomic E-state index is -0.432. The lowest BCUT2D eigenvalue weighted by Crippen LogP contribution is -2.53. The van der Waals surface area contributed by atoms with Crippen LogP contribution in [-0.2, 0) is 53.3 Å². The number of nitriles is 3. The first kappa shape index (κ1) is 76.3. The van der Waals surface area contributed by atoms with Crippen molar-refractivity contribution in [1.29, 1.82) is 15.8 Å². The second kappa shape index (κ2) is 33.8. The normalized spacial score (nSPS) is 19.5. The van der Waals surface area contributed by atoms with Crippen LogP contribution in [0.3, 0.4) is 0 Å². The maximum atomic E-state index is 13.3. The summed E-state index contributed by atoms with van der Waals surface area (Å²) in [6, 6.07) is 16.2. The van der Waals surface area contributed by atoms with Crippen LogP contribution in [-0.4, -0.2) is 230 Å². The highest BCUT2D eigenvalue weighted by atomic mass is 16.5. The number of hydrogen-bond donors (Lipinski definition) is 3. The number of pyridine rings is 6. The number of carbonyl (C=O) groups excluding carboxylic acids is 9. The highest BCUT2D eigenvalue weighted by Crippen LogP contribution is 2.38. The summed E-state index contributed by atoms with van der Waals surface area (Å²) >= 11 is 0. The fourth-order valence-electron chi connectivity index (χ4n) is 15.2. The minimum Gasteiger partial charge on any atom is -0.489 e. The Morgan fingerprint density at radius 3 is 1.20 bits per heavy atom. The molecule has 13 heterocycles. The van der Waals surface area contributed by atoms with Crippen molar-refractivity contribution in [3.63, 3.8) is 0 Å². The predicted molar refractivity (Wildman–Crippen MR) is 408 cm³/mol. The number of rotatable bonds is 19. The minimum absolute atomic E-state index is 0.0236. The molecular formula is C80H87N21O12. The maximum Gasteiger partial charge on any atom is 0.328 e. The molecule has 3 N–H and O–H groups in total. The van der Waals surface area contributed by atoms with Gasteiger partial charge in [0, 0.05) is 119 Å². The molecule has 8 fully saturated rings. The molecule has 0 bridgehead atoms. The van der Waals surface area contributed by atoms with E-state index < -0.39 is 18.1 Å². The first-order valence-electron chi connectivity index (χ1n) is 38.9. The van der Waals surface area contributed by atoms with Gasteiger partial charge in [-0.15, -0.1) is 0 Å². The number of nitrogens with one attached hydrogen (secondary N) is 3. The summed E-state index contributed by atoms with van der Waals surface area (Å²) in [5.74, 6) is 3.48. The fraction of sp³-hybridized carbons (Fsp3) is 0.475. The van der Waals surface area contributed by atoms with Gasteiger partial charge in [-0.1, -0.05) is 0 Å². The van der Waals surface area contributed by atoms with Gasteiger partial charge in [-0.2, -0.15) is 15.8 Å². The Morgan fingerprint density at radius 1 is 0.442 bits per heavy atom. The maximum absolute atomic E-state index is 13.3. The standard InChI is InChI=1S/2C27H29N7O4.C26H29N7O4/c28-11-19-12-29-24(10-23(19)38-21-5-6-21)31-27(37)34-8-1-3-17-9-18(22(16-35)30-26(17)34)13-33-14-20-4-2-7-32(20)15-25(33)36;28-12-19-13-29-24(11-23(19)38-21-5-6-21)31-27(37)34-7-1-2-17-10-18(22(16-35)30-26(17)34)14-33-9-8-32(15-25(33)36)20-3-4-20;1-31-7-3-8-32(24(35)15-31)14-18-10-17-4-2-9-33(25(17)29-21(18)16-34)26(36)30-23-11-22(37-20-5-6-20)19(12-27)13-28-23/h9-10,12,16,20-21H,1-8,13-15H2,(H,29,31,37);10-11,13,16,20-21H,1-9,14-15H2,(H,29,31,37);10-11,13,16,20H,2-9,14-15H2,1H3,(H,28,30,36). The number of piperazine rings is 2. The largest absolute Gasteiger partial charge is 0.489 e. The van der Waals surface area contributed by atoms with E-state index in [-0.39, 0.29) is 70.6 Å². The predicted octanol–water partition coefficient (Wildman–Crippen LogP) is 7.34. The van der Waals surface area contributed by atoms with E-state index in [2.05, 4.69) is 73.9 Å². The number of anilines is 6. The molecule has 0 aromatic carbocycles.